The average molecular weight is 396 g/mol. The van der Waals surface area contributed by atoms with E-state index in [1.807, 2.05) is 0 Å². The molecule has 1 atom stereocenters. The number of carbonyl (C=O) groups is 1. The fourth-order valence-electron chi connectivity index (χ4n) is 4.61. The lowest BCUT2D eigenvalue weighted by Crippen LogP contribution is -2.34. The van der Waals surface area contributed by atoms with Gasteiger partial charge in [-0.3, -0.25) is 4.79 Å². The third kappa shape index (κ3) is 5.10. The number of benzene rings is 1. The van der Waals surface area contributed by atoms with Gasteiger partial charge in [0.2, 0.25) is 0 Å². The molecular weight excluding hydrogens is 367 g/mol. The van der Waals surface area contributed by atoms with Crippen LogP contribution in [0, 0.1) is 23.6 Å². The highest BCUT2D eigenvalue weighted by Crippen LogP contribution is 2.41. The van der Waals surface area contributed by atoms with Crippen LogP contribution in [0.3, 0.4) is 0 Å². The first kappa shape index (κ1) is 19.9. The quantitative estimate of drug-likeness (QED) is 0.264. The van der Waals surface area contributed by atoms with Gasteiger partial charge in [0, 0.05) is 5.00 Å². The van der Waals surface area contributed by atoms with Gasteiger partial charge >= 0.3 is 5.97 Å². The second kappa shape index (κ2) is 9.36. The molecule has 0 N–H and O–H groups in total. The normalized spacial score (nSPS) is 26.4. The number of rotatable bonds is 5. The van der Waals surface area contributed by atoms with Crippen molar-refractivity contribution < 1.29 is 13.9 Å². The molecule has 2 aliphatic rings. The van der Waals surface area contributed by atoms with E-state index in [1.54, 1.807) is 0 Å². The molecule has 0 aromatic heterocycles. The summed E-state index contributed by atoms with van der Waals surface area (Å²) in [7, 11) is -0.343. The van der Waals surface area contributed by atoms with E-state index in [-0.39, 0.29) is 26.5 Å². The van der Waals surface area contributed by atoms with Crippen LogP contribution in [0.15, 0.2) is 24.3 Å². The van der Waals surface area contributed by atoms with Crippen molar-refractivity contribution in [3.05, 3.63) is 30.1 Å². The summed E-state index contributed by atoms with van der Waals surface area (Å²) in [5.74, 6) is 1.56. The minimum absolute atomic E-state index is 0.00756. The maximum absolute atomic E-state index is 12.9. The molecule has 1 aliphatic carbocycles. The minimum atomic E-state index is -0.343. The Labute approximate surface area is 163 Å². The third-order valence-corrected chi connectivity index (χ3v) is 10.7. The minimum Gasteiger partial charge on any atom is -0.426 e. The third-order valence-electron chi connectivity index (χ3n) is 6.28. The molecule has 5 heteroatoms. The zero-order valence-electron chi connectivity index (χ0n) is 15.6. The smallest absolute Gasteiger partial charge is 0.314 e. The van der Waals surface area contributed by atoms with Crippen molar-refractivity contribution in [2.45, 2.75) is 69.0 Å². The molecule has 0 amide bonds. The van der Waals surface area contributed by atoms with E-state index in [4.69, 9.17) is 16.3 Å². The molecule has 2 fully saturated rings. The molecule has 0 bridgehead atoms. The number of ether oxygens (including phenoxy) is 1. The molecule has 1 aromatic carbocycles. The molecule has 1 radical (unpaired) electrons. The molecule has 1 saturated carbocycles. The van der Waals surface area contributed by atoms with Crippen molar-refractivity contribution in [1.29, 1.82) is 0 Å². The summed E-state index contributed by atoms with van der Waals surface area (Å²) in [4.78, 5) is 12.4. The second-order valence-corrected chi connectivity index (χ2v) is 11.8. The van der Waals surface area contributed by atoms with Crippen LogP contribution in [0.4, 0.5) is 4.39 Å². The van der Waals surface area contributed by atoms with Crippen molar-refractivity contribution >= 4 is 26.4 Å². The number of carbonyl (C=O) groups excluding carboxylic acids is 1. The van der Waals surface area contributed by atoms with Crippen LogP contribution in [0.1, 0.15) is 51.9 Å². The number of halogens is 2. The van der Waals surface area contributed by atoms with Crippen molar-refractivity contribution in [3.63, 3.8) is 0 Å². The first-order valence-corrected chi connectivity index (χ1v) is 12.5. The van der Waals surface area contributed by atoms with E-state index in [1.165, 1.54) is 49.2 Å². The van der Waals surface area contributed by atoms with Gasteiger partial charge in [-0.1, -0.05) is 31.9 Å². The van der Waals surface area contributed by atoms with E-state index in [2.05, 4.69) is 6.92 Å². The van der Waals surface area contributed by atoms with E-state index < -0.39 is 0 Å². The summed E-state index contributed by atoms with van der Waals surface area (Å²) in [5, 5.41) is 0.443. The lowest BCUT2D eigenvalue weighted by atomic mass is 9.74. The van der Waals surface area contributed by atoms with Crippen LogP contribution >= 0.6 is 11.6 Å². The van der Waals surface area contributed by atoms with Crippen molar-refractivity contribution in [1.82, 2.24) is 0 Å². The van der Waals surface area contributed by atoms with E-state index in [0.29, 0.717) is 10.7 Å². The summed E-state index contributed by atoms with van der Waals surface area (Å²) in [6.07, 6.45) is 7.90. The van der Waals surface area contributed by atoms with Gasteiger partial charge in [0.05, 0.1) is 14.7 Å². The van der Waals surface area contributed by atoms with E-state index >= 15 is 0 Å². The fourth-order valence-corrected chi connectivity index (χ4v) is 8.20. The maximum Gasteiger partial charge on any atom is 0.314 e. The highest BCUT2D eigenvalue weighted by molar-refractivity contribution is 6.69. The van der Waals surface area contributed by atoms with Gasteiger partial charge in [-0.15, -0.1) is 11.6 Å². The van der Waals surface area contributed by atoms with Gasteiger partial charge in [-0.2, -0.15) is 0 Å². The predicted molar refractivity (Wildman–Crippen MR) is 106 cm³/mol. The molecule has 26 heavy (non-hydrogen) atoms. The van der Waals surface area contributed by atoms with E-state index in [0.717, 1.165) is 43.9 Å². The Balaban J connectivity index is 1.43. The number of alkyl halides is 1. The summed E-state index contributed by atoms with van der Waals surface area (Å²) >= 11 is 6.48. The van der Waals surface area contributed by atoms with Gasteiger partial charge in [0.15, 0.2) is 0 Å². The first-order valence-electron chi connectivity index (χ1n) is 10.0. The molecule has 1 saturated heterocycles. The van der Waals surface area contributed by atoms with Crippen molar-refractivity contribution in [2.24, 2.45) is 17.8 Å². The molecular formula is C21H29ClFO2Si. The van der Waals surface area contributed by atoms with Gasteiger partial charge < -0.3 is 4.74 Å². The van der Waals surface area contributed by atoms with Crippen LogP contribution in [0.25, 0.3) is 0 Å². The molecule has 1 unspecified atom stereocenters. The highest BCUT2D eigenvalue weighted by Gasteiger charge is 2.35. The van der Waals surface area contributed by atoms with Crippen LogP contribution in [0.2, 0.25) is 12.1 Å². The molecule has 1 aromatic rings. The summed E-state index contributed by atoms with van der Waals surface area (Å²) < 4.78 is 18.4. The second-order valence-electron chi connectivity index (χ2n) is 7.86. The van der Waals surface area contributed by atoms with Gasteiger partial charge in [-0.25, -0.2) is 4.39 Å². The Hall–Kier alpha value is -0.873. The van der Waals surface area contributed by atoms with Gasteiger partial charge in [-0.05, 0) is 68.2 Å². The van der Waals surface area contributed by atoms with Crippen LogP contribution < -0.4 is 4.74 Å². The van der Waals surface area contributed by atoms with Crippen molar-refractivity contribution in [2.75, 3.05) is 0 Å². The first-order chi connectivity index (χ1) is 12.6. The molecule has 1 aliphatic heterocycles. The monoisotopic (exact) mass is 395 g/mol. The molecule has 0 spiro atoms. The SMILES string of the molecule is CCC(Cl)[Si]1CCC(C2CCC(C(=O)Oc3ccc(F)cc3)CC2)CC1. The Morgan fingerprint density at radius 2 is 1.69 bits per heavy atom. The van der Waals surface area contributed by atoms with Crippen LogP contribution in [-0.2, 0) is 4.79 Å². The zero-order chi connectivity index (χ0) is 18.5. The topological polar surface area (TPSA) is 26.3 Å². The zero-order valence-corrected chi connectivity index (χ0v) is 17.3. The van der Waals surface area contributed by atoms with E-state index in [9.17, 15) is 9.18 Å². The Morgan fingerprint density at radius 3 is 2.27 bits per heavy atom. The van der Waals surface area contributed by atoms with Gasteiger partial charge in [0.25, 0.3) is 0 Å². The highest BCUT2D eigenvalue weighted by atomic mass is 35.5. The summed E-state index contributed by atoms with van der Waals surface area (Å²) in [6.45, 7) is 2.20. The average Bonchev–Trinajstić information content (AvgIpc) is 2.69. The largest absolute Gasteiger partial charge is 0.426 e. The fraction of sp³-hybridized carbons (Fsp3) is 0.667. The molecule has 2 nitrogen and oxygen atoms in total. The lowest BCUT2D eigenvalue weighted by Gasteiger charge is -2.37. The molecule has 3 rings (SSSR count). The number of hydrogen-bond acceptors (Lipinski definition) is 2. The maximum atomic E-state index is 12.9. The molecule has 143 valence electrons. The molecule has 1 heterocycles. The number of esters is 1. The van der Waals surface area contributed by atoms with Gasteiger partial charge in [0.1, 0.15) is 11.6 Å². The van der Waals surface area contributed by atoms with Crippen LogP contribution in [-0.4, -0.2) is 19.8 Å². The number of hydrogen-bond donors (Lipinski definition) is 0. The standard InChI is InChI=1S/C21H29ClFO2Si/c1-2-20(22)26-13-11-16(12-14-26)15-3-5-17(6-4-15)21(24)25-19-9-7-18(23)8-10-19/h7-10,15-17,20H,2-6,11-14H2,1H3. The Morgan fingerprint density at radius 1 is 1.12 bits per heavy atom. The predicted octanol–water partition coefficient (Wildman–Crippen LogP) is 6.00. The lowest BCUT2D eigenvalue weighted by molar-refractivity contribution is -0.140. The summed E-state index contributed by atoms with van der Waals surface area (Å²) in [6, 6.07) is 8.40. The Kier molecular flexibility index (Phi) is 7.16. The Bertz CT molecular complexity index is 578. The van der Waals surface area contributed by atoms with Crippen LogP contribution in [0.5, 0.6) is 5.75 Å². The van der Waals surface area contributed by atoms with Crippen molar-refractivity contribution in [3.8, 4) is 5.75 Å². The summed E-state index contributed by atoms with van der Waals surface area (Å²) in [5.41, 5.74) is 0.